The normalized spacial score (nSPS) is 22.0. The maximum Gasteiger partial charge on any atom is 0.234 e. The van der Waals surface area contributed by atoms with Gasteiger partial charge in [0.15, 0.2) is 0 Å². The molecule has 1 aromatic carbocycles. The number of likely N-dealkylation sites (tertiary alicyclic amines) is 1. The predicted octanol–water partition coefficient (Wildman–Crippen LogP) is 2.02. The van der Waals surface area contributed by atoms with E-state index in [1.54, 1.807) is 0 Å². The number of amides is 1. The van der Waals surface area contributed by atoms with Crippen LogP contribution in [0, 0.1) is 5.41 Å². The summed E-state index contributed by atoms with van der Waals surface area (Å²) in [4.78, 5) is 14.2. The Balaban J connectivity index is 1.78. The highest BCUT2D eigenvalue weighted by Crippen LogP contribution is 2.27. The number of carbonyl (C=O) groups excluding carboxylic acids is 1. The Morgan fingerprint density at radius 1 is 1.43 bits per heavy atom. The number of hydrogen-bond donors (Lipinski definition) is 2. The lowest BCUT2D eigenvalue weighted by Crippen LogP contribution is -2.54. The van der Waals surface area contributed by atoms with E-state index in [1.165, 1.54) is 0 Å². The minimum Gasteiger partial charge on any atom is -0.351 e. The second kappa shape index (κ2) is 6.77. The first-order valence-corrected chi connectivity index (χ1v) is 7.74. The lowest BCUT2D eigenvalue weighted by atomic mass is 9.80. The molecule has 0 aliphatic carbocycles. The lowest BCUT2D eigenvalue weighted by molar-refractivity contribution is -0.123. The highest BCUT2D eigenvalue weighted by molar-refractivity contribution is 6.30. The van der Waals surface area contributed by atoms with E-state index in [-0.39, 0.29) is 17.4 Å². The van der Waals surface area contributed by atoms with Gasteiger partial charge in [-0.25, -0.2) is 0 Å². The van der Waals surface area contributed by atoms with Crippen molar-refractivity contribution in [3.05, 3.63) is 34.9 Å². The molecule has 1 aliphatic rings. The third-order valence-corrected chi connectivity index (χ3v) is 4.41. The molecule has 0 radical (unpaired) electrons. The van der Waals surface area contributed by atoms with Crippen LogP contribution in [0.5, 0.6) is 0 Å². The van der Waals surface area contributed by atoms with E-state index >= 15 is 0 Å². The molecule has 116 valence electrons. The first-order chi connectivity index (χ1) is 9.87. The first kappa shape index (κ1) is 16.3. The molecule has 1 aliphatic heterocycles. The standard InChI is InChI=1S/C16H24ClN3O/c1-16(2)11-20(8-7-14(16)18)10-15(21)19-9-12-3-5-13(17)6-4-12/h3-6,14H,7-11,18H2,1-2H3,(H,19,21). The van der Waals surface area contributed by atoms with E-state index in [9.17, 15) is 4.79 Å². The molecule has 21 heavy (non-hydrogen) atoms. The summed E-state index contributed by atoms with van der Waals surface area (Å²) < 4.78 is 0. The van der Waals surface area contributed by atoms with Gasteiger partial charge >= 0.3 is 0 Å². The average molecular weight is 310 g/mol. The van der Waals surface area contributed by atoms with Crippen LogP contribution in [0.1, 0.15) is 25.8 Å². The first-order valence-electron chi connectivity index (χ1n) is 7.36. The number of hydrogen-bond acceptors (Lipinski definition) is 3. The van der Waals surface area contributed by atoms with Gasteiger partial charge < -0.3 is 11.1 Å². The van der Waals surface area contributed by atoms with Crippen molar-refractivity contribution in [2.75, 3.05) is 19.6 Å². The Kier molecular flexibility index (Phi) is 5.25. The molecule has 1 aromatic rings. The van der Waals surface area contributed by atoms with Gasteiger partial charge in [0, 0.05) is 30.7 Å². The second-order valence-electron chi connectivity index (χ2n) is 6.50. The number of carbonyl (C=O) groups is 1. The molecule has 1 amide bonds. The maximum absolute atomic E-state index is 12.0. The molecular weight excluding hydrogens is 286 g/mol. The Morgan fingerprint density at radius 2 is 2.10 bits per heavy atom. The number of nitrogens with zero attached hydrogens (tertiary/aromatic N) is 1. The molecule has 2 rings (SSSR count). The number of rotatable bonds is 4. The maximum atomic E-state index is 12.0. The van der Waals surface area contributed by atoms with Gasteiger partial charge in [-0.15, -0.1) is 0 Å². The van der Waals surface area contributed by atoms with Gasteiger partial charge in [0.1, 0.15) is 0 Å². The molecule has 1 fully saturated rings. The fraction of sp³-hybridized carbons (Fsp3) is 0.562. The molecule has 1 unspecified atom stereocenters. The van der Waals surface area contributed by atoms with Gasteiger partial charge in [0.25, 0.3) is 0 Å². The molecule has 0 spiro atoms. The fourth-order valence-corrected chi connectivity index (χ4v) is 2.81. The van der Waals surface area contributed by atoms with Crippen molar-refractivity contribution in [3.8, 4) is 0 Å². The molecule has 3 N–H and O–H groups in total. The van der Waals surface area contributed by atoms with E-state index in [0.717, 1.165) is 25.1 Å². The highest BCUT2D eigenvalue weighted by atomic mass is 35.5. The predicted molar refractivity (Wildman–Crippen MR) is 86.1 cm³/mol. The quantitative estimate of drug-likeness (QED) is 0.894. The molecule has 4 nitrogen and oxygen atoms in total. The Labute approximate surface area is 131 Å². The summed E-state index contributed by atoms with van der Waals surface area (Å²) in [6.07, 6.45) is 0.942. The third-order valence-electron chi connectivity index (χ3n) is 4.16. The van der Waals surface area contributed by atoms with Crippen LogP contribution in [0.4, 0.5) is 0 Å². The smallest absolute Gasteiger partial charge is 0.234 e. The molecule has 0 aromatic heterocycles. The third kappa shape index (κ3) is 4.70. The van der Waals surface area contributed by atoms with E-state index in [4.69, 9.17) is 17.3 Å². The fourth-order valence-electron chi connectivity index (χ4n) is 2.68. The minimum atomic E-state index is 0.0521. The topological polar surface area (TPSA) is 58.4 Å². The number of halogens is 1. The van der Waals surface area contributed by atoms with Crippen molar-refractivity contribution in [1.82, 2.24) is 10.2 Å². The number of nitrogens with two attached hydrogens (primary N) is 1. The molecule has 1 heterocycles. The molecular formula is C16H24ClN3O. The van der Waals surface area contributed by atoms with Crippen molar-refractivity contribution in [2.45, 2.75) is 32.9 Å². The van der Waals surface area contributed by atoms with Crippen molar-refractivity contribution in [2.24, 2.45) is 11.1 Å². The summed E-state index contributed by atoms with van der Waals surface area (Å²) in [5.41, 5.74) is 7.23. The van der Waals surface area contributed by atoms with Crippen molar-refractivity contribution < 1.29 is 4.79 Å². The summed E-state index contributed by atoms with van der Waals surface area (Å²) in [6.45, 7) is 7.04. The van der Waals surface area contributed by atoms with E-state index in [0.29, 0.717) is 18.1 Å². The van der Waals surface area contributed by atoms with Gasteiger partial charge in [-0.1, -0.05) is 37.6 Å². The molecule has 5 heteroatoms. The number of nitrogens with one attached hydrogen (secondary N) is 1. The monoisotopic (exact) mass is 309 g/mol. The number of benzene rings is 1. The van der Waals surface area contributed by atoms with E-state index < -0.39 is 0 Å². The largest absolute Gasteiger partial charge is 0.351 e. The minimum absolute atomic E-state index is 0.0521. The number of piperidine rings is 1. The van der Waals surface area contributed by atoms with Crippen LogP contribution in [0.15, 0.2) is 24.3 Å². The van der Waals surface area contributed by atoms with Crippen LogP contribution in [-0.4, -0.2) is 36.5 Å². The molecule has 1 saturated heterocycles. The highest BCUT2D eigenvalue weighted by Gasteiger charge is 2.33. The molecule has 1 atom stereocenters. The van der Waals surface area contributed by atoms with E-state index in [1.807, 2.05) is 24.3 Å². The van der Waals surface area contributed by atoms with Crippen LogP contribution in [0.2, 0.25) is 5.02 Å². The summed E-state index contributed by atoms with van der Waals surface area (Å²) in [5, 5.41) is 3.65. The molecule has 0 saturated carbocycles. The van der Waals surface area contributed by atoms with Crippen LogP contribution in [-0.2, 0) is 11.3 Å². The summed E-state index contributed by atoms with van der Waals surface area (Å²) in [7, 11) is 0. The zero-order chi connectivity index (χ0) is 15.5. The van der Waals surface area contributed by atoms with Gasteiger partial charge in [0.05, 0.1) is 6.54 Å². The Hall–Kier alpha value is -1.10. The summed E-state index contributed by atoms with van der Waals surface area (Å²) in [6, 6.07) is 7.72. The zero-order valence-electron chi connectivity index (χ0n) is 12.7. The van der Waals surface area contributed by atoms with Crippen LogP contribution >= 0.6 is 11.6 Å². The van der Waals surface area contributed by atoms with Gasteiger partial charge in [-0.05, 0) is 29.5 Å². The Bertz CT molecular complexity index is 487. The summed E-state index contributed by atoms with van der Waals surface area (Å²) in [5.74, 6) is 0.0521. The van der Waals surface area contributed by atoms with Gasteiger partial charge in [-0.3, -0.25) is 9.69 Å². The van der Waals surface area contributed by atoms with Gasteiger partial charge in [-0.2, -0.15) is 0 Å². The zero-order valence-corrected chi connectivity index (χ0v) is 13.5. The van der Waals surface area contributed by atoms with Crippen LogP contribution in [0.25, 0.3) is 0 Å². The van der Waals surface area contributed by atoms with Gasteiger partial charge in [0.2, 0.25) is 5.91 Å². The van der Waals surface area contributed by atoms with Crippen molar-refractivity contribution in [1.29, 1.82) is 0 Å². The second-order valence-corrected chi connectivity index (χ2v) is 6.93. The SMILES string of the molecule is CC1(C)CN(CC(=O)NCc2ccc(Cl)cc2)CCC1N. The van der Waals surface area contributed by atoms with Crippen LogP contribution in [0.3, 0.4) is 0 Å². The van der Waals surface area contributed by atoms with Crippen molar-refractivity contribution >= 4 is 17.5 Å². The molecule has 0 bridgehead atoms. The average Bonchev–Trinajstić information content (AvgIpc) is 2.42. The van der Waals surface area contributed by atoms with E-state index in [2.05, 4.69) is 24.1 Å². The summed E-state index contributed by atoms with van der Waals surface area (Å²) >= 11 is 5.84. The lowest BCUT2D eigenvalue weighted by Gasteiger charge is -2.42. The van der Waals surface area contributed by atoms with Crippen LogP contribution < -0.4 is 11.1 Å². The Morgan fingerprint density at radius 3 is 2.71 bits per heavy atom. The van der Waals surface area contributed by atoms with Crippen molar-refractivity contribution in [3.63, 3.8) is 0 Å².